The van der Waals surface area contributed by atoms with Crippen molar-refractivity contribution in [2.75, 3.05) is 39.3 Å². The van der Waals surface area contributed by atoms with Crippen LogP contribution in [0, 0.1) is 0 Å². The minimum atomic E-state index is -3.75. The number of aromatic amines is 2. The highest BCUT2D eigenvalue weighted by Crippen LogP contribution is 2.20. The largest absolute Gasteiger partial charge is 0.346 e. The van der Waals surface area contributed by atoms with Crippen LogP contribution in [0.1, 0.15) is 0 Å². The first-order chi connectivity index (χ1) is 12.8. The van der Waals surface area contributed by atoms with Gasteiger partial charge < -0.3 is 25.9 Å². The maximum atomic E-state index is 12.8. The quantitative estimate of drug-likeness (QED) is 0.435. The van der Waals surface area contributed by atoms with Gasteiger partial charge in [-0.15, -0.1) is 12.4 Å². The number of benzene rings is 1. The number of nitrogens with zero attached hydrogens (tertiary/aromatic N) is 2. The van der Waals surface area contributed by atoms with Gasteiger partial charge in [-0.25, -0.2) is 13.2 Å². The molecule has 2 heterocycles. The van der Waals surface area contributed by atoms with Crippen molar-refractivity contribution in [3.63, 3.8) is 0 Å². The summed E-state index contributed by atoms with van der Waals surface area (Å²) in [6.07, 6.45) is 0. The van der Waals surface area contributed by atoms with E-state index in [4.69, 9.17) is 5.73 Å². The zero-order valence-electron chi connectivity index (χ0n) is 14.8. The Morgan fingerprint density at radius 3 is 2.39 bits per heavy atom. The summed E-state index contributed by atoms with van der Waals surface area (Å²) >= 11 is 0. The molecule has 1 aliphatic heterocycles. The van der Waals surface area contributed by atoms with Crippen molar-refractivity contribution >= 4 is 45.3 Å². The Bertz CT molecular complexity index is 1020. The topological polar surface area (TPSA) is 161 Å². The Morgan fingerprint density at radius 1 is 1.11 bits per heavy atom. The third-order valence-electron chi connectivity index (χ3n) is 4.34. The van der Waals surface area contributed by atoms with E-state index in [2.05, 4.69) is 15.3 Å². The summed E-state index contributed by atoms with van der Waals surface area (Å²) in [5, 5.41) is 2.40. The second-order valence-corrected chi connectivity index (χ2v) is 7.99. The molecule has 1 aromatic carbocycles. The minimum absolute atomic E-state index is 0. The number of imidazole rings is 1. The van der Waals surface area contributed by atoms with Gasteiger partial charge in [0.05, 0.1) is 29.0 Å². The molecule has 1 aromatic heterocycles. The monoisotopic (exact) mass is 432 g/mol. The minimum Gasteiger partial charge on any atom is -0.346 e. The zero-order valence-corrected chi connectivity index (χ0v) is 16.4. The van der Waals surface area contributed by atoms with Gasteiger partial charge in [0.15, 0.2) is 0 Å². The number of H-pyrrole nitrogens is 2. The fraction of sp³-hybridized carbons (Fsp3) is 0.400. The van der Waals surface area contributed by atoms with Crippen molar-refractivity contribution in [1.29, 1.82) is 0 Å². The lowest BCUT2D eigenvalue weighted by Gasteiger charge is -2.34. The van der Waals surface area contributed by atoms with E-state index in [1.807, 2.05) is 0 Å². The molecule has 5 N–H and O–H groups in total. The highest BCUT2D eigenvalue weighted by atomic mass is 35.5. The predicted molar refractivity (Wildman–Crippen MR) is 104 cm³/mol. The standard InChI is InChI=1S/C15H20N6O5S.ClH/c16-8-13(22)17-9-14(23)20-3-5-21(6-4-20)27(25,26)10-1-2-11-12(7-10)19-15(24)18-11;/h1-2,7H,3-6,8-9,16H2,(H,17,22)(H2,18,19,24);1H. The van der Waals surface area contributed by atoms with Gasteiger partial charge in [-0.2, -0.15) is 4.31 Å². The van der Waals surface area contributed by atoms with Crippen molar-refractivity contribution in [1.82, 2.24) is 24.5 Å². The number of piperazine rings is 1. The number of rotatable bonds is 5. The number of hydrogen-bond acceptors (Lipinski definition) is 6. The van der Waals surface area contributed by atoms with Crippen LogP contribution in [0.3, 0.4) is 0 Å². The summed E-state index contributed by atoms with van der Waals surface area (Å²) in [4.78, 5) is 41.2. The molecule has 0 spiro atoms. The molecule has 0 radical (unpaired) electrons. The second-order valence-electron chi connectivity index (χ2n) is 6.05. The number of amides is 2. The van der Waals surface area contributed by atoms with Gasteiger partial charge in [0, 0.05) is 26.2 Å². The molecule has 2 amide bonds. The van der Waals surface area contributed by atoms with Crippen LogP contribution >= 0.6 is 12.4 Å². The van der Waals surface area contributed by atoms with E-state index in [1.165, 1.54) is 27.4 Å². The van der Waals surface area contributed by atoms with E-state index in [0.29, 0.717) is 11.0 Å². The third kappa shape index (κ3) is 4.52. The smallest absolute Gasteiger partial charge is 0.323 e. The highest BCUT2D eigenvalue weighted by molar-refractivity contribution is 7.89. The van der Waals surface area contributed by atoms with E-state index < -0.39 is 21.6 Å². The van der Waals surface area contributed by atoms with E-state index in [9.17, 15) is 22.8 Å². The average Bonchev–Trinajstić information content (AvgIpc) is 3.05. The van der Waals surface area contributed by atoms with Gasteiger partial charge in [0.2, 0.25) is 21.8 Å². The van der Waals surface area contributed by atoms with Crippen LogP contribution in [0.2, 0.25) is 0 Å². The fourth-order valence-electron chi connectivity index (χ4n) is 2.86. The van der Waals surface area contributed by atoms with Crippen LogP contribution in [0.5, 0.6) is 0 Å². The summed E-state index contributed by atoms with van der Waals surface area (Å²) in [5.41, 5.74) is 5.68. The first kappa shape index (κ1) is 21.9. The molecular weight excluding hydrogens is 412 g/mol. The molecule has 11 nitrogen and oxygen atoms in total. The van der Waals surface area contributed by atoms with Crippen LogP contribution in [0.15, 0.2) is 27.9 Å². The van der Waals surface area contributed by atoms with Crippen LogP contribution < -0.4 is 16.7 Å². The van der Waals surface area contributed by atoms with Gasteiger partial charge in [-0.05, 0) is 18.2 Å². The van der Waals surface area contributed by atoms with Crippen LogP contribution in [0.4, 0.5) is 0 Å². The van der Waals surface area contributed by atoms with Crippen LogP contribution in [0.25, 0.3) is 11.0 Å². The number of aromatic nitrogens is 2. The SMILES string of the molecule is Cl.NCC(=O)NCC(=O)N1CCN(S(=O)(=O)c2ccc3[nH]c(=O)[nH]c3c2)CC1. The summed E-state index contributed by atoms with van der Waals surface area (Å²) < 4.78 is 26.9. The molecule has 0 unspecified atom stereocenters. The maximum Gasteiger partial charge on any atom is 0.323 e. The lowest BCUT2D eigenvalue weighted by Crippen LogP contribution is -2.52. The highest BCUT2D eigenvalue weighted by Gasteiger charge is 2.30. The first-order valence-corrected chi connectivity index (χ1v) is 9.72. The molecule has 1 fully saturated rings. The Hall–Kier alpha value is -2.41. The first-order valence-electron chi connectivity index (χ1n) is 8.28. The van der Waals surface area contributed by atoms with Crippen molar-refractivity contribution in [2.24, 2.45) is 5.73 Å². The summed E-state index contributed by atoms with van der Waals surface area (Å²) in [6, 6.07) is 4.36. The normalized spacial score (nSPS) is 15.2. The maximum absolute atomic E-state index is 12.8. The van der Waals surface area contributed by atoms with Gasteiger partial charge in [-0.1, -0.05) is 0 Å². The van der Waals surface area contributed by atoms with Crippen LogP contribution in [-0.2, 0) is 19.6 Å². The molecule has 13 heteroatoms. The third-order valence-corrected chi connectivity index (χ3v) is 6.23. The molecule has 2 aromatic rings. The molecular formula is C15H21ClN6O5S. The van der Waals surface area contributed by atoms with E-state index >= 15 is 0 Å². The molecule has 28 heavy (non-hydrogen) atoms. The van der Waals surface area contributed by atoms with Crippen molar-refractivity contribution < 1.29 is 18.0 Å². The molecule has 0 saturated carbocycles. The zero-order chi connectivity index (χ0) is 19.6. The van der Waals surface area contributed by atoms with Gasteiger partial charge >= 0.3 is 5.69 Å². The van der Waals surface area contributed by atoms with Crippen molar-refractivity contribution in [3.8, 4) is 0 Å². The number of nitrogens with one attached hydrogen (secondary N) is 3. The van der Waals surface area contributed by atoms with Gasteiger partial charge in [0.25, 0.3) is 0 Å². The molecule has 3 rings (SSSR count). The fourth-order valence-corrected chi connectivity index (χ4v) is 4.31. The van der Waals surface area contributed by atoms with E-state index in [1.54, 1.807) is 0 Å². The Kier molecular flexibility index (Phi) is 6.82. The molecule has 1 saturated heterocycles. The number of fused-ring (bicyclic) bond motifs is 1. The number of hydrogen-bond donors (Lipinski definition) is 4. The summed E-state index contributed by atoms with van der Waals surface area (Å²) in [5.74, 6) is -0.720. The number of sulfonamides is 1. The molecule has 0 atom stereocenters. The van der Waals surface area contributed by atoms with Crippen molar-refractivity contribution in [2.45, 2.75) is 4.90 Å². The average molecular weight is 433 g/mol. The van der Waals surface area contributed by atoms with Gasteiger partial charge in [0.1, 0.15) is 0 Å². The van der Waals surface area contributed by atoms with E-state index in [-0.39, 0.29) is 62.5 Å². The number of carbonyl (C=O) groups is 2. The van der Waals surface area contributed by atoms with Crippen molar-refractivity contribution in [3.05, 3.63) is 28.7 Å². The molecule has 0 aliphatic carbocycles. The molecule has 1 aliphatic rings. The predicted octanol–water partition coefficient (Wildman–Crippen LogP) is -1.81. The number of nitrogens with two attached hydrogens (primary N) is 1. The molecule has 154 valence electrons. The Labute approximate surface area is 166 Å². The summed E-state index contributed by atoms with van der Waals surface area (Å²) in [7, 11) is -3.75. The lowest BCUT2D eigenvalue weighted by molar-refractivity contribution is -0.133. The van der Waals surface area contributed by atoms with Crippen LogP contribution in [-0.4, -0.2) is 78.7 Å². The summed E-state index contributed by atoms with van der Waals surface area (Å²) in [6.45, 7) is 0.358. The van der Waals surface area contributed by atoms with Gasteiger partial charge in [-0.3, -0.25) is 9.59 Å². The number of carbonyl (C=O) groups excluding carboxylic acids is 2. The molecule has 0 bridgehead atoms. The Balaban J connectivity index is 0.00000280. The van der Waals surface area contributed by atoms with E-state index in [0.717, 1.165) is 0 Å². The second kappa shape index (κ2) is 8.73. The Morgan fingerprint density at radius 2 is 1.75 bits per heavy atom. The lowest BCUT2D eigenvalue weighted by atomic mass is 10.3. The number of halogens is 1.